The Kier molecular flexibility index (Phi) is 6.50. The molecule has 2 aromatic carbocycles. The summed E-state index contributed by atoms with van der Waals surface area (Å²) in [7, 11) is -7.44. The molecule has 31 heavy (non-hydrogen) atoms. The summed E-state index contributed by atoms with van der Waals surface area (Å²) in [4.78, 5) is 0.145. The van der Waals surface area contributed by atoms with Gasteiger partial charge >= 0.3 is 0 Å². The van der Waals surface area contributed by atoms with Crippen molar-refractivity contribution in [1.29, 1.82) is 0 Å². The molecule has 2 aliphatic rings. The third-order valence-electron chi connectivity index (χ3n) is 6.03. The standard InChI is InChI=1S/C22H28N2O5S2/c1-17-6-4-5-14-24(17)31(27,28)20-11-9-19(10-12-20)30(25,26)23-16-22-21-8-3-2-7-18(21)13-15-29-22/h2-3,7-12,17,22-23H,4-6,13-16H2,1H3/t17-,22+/m1/s1. The Labute approximate surface area is 184 Å². The molecule has 0 radical (unpaired) electrons. The van der Waals surface area contributed by atoms with Crippen LogP contribution in [0.1, 0.15) is 43.4 Å². The molecule has 0 aromatic heterocycles. The van der Waals surface area contributed by atoms with E-state index >= 15 is 0 Å². The molecule has 9 heteroatoms. The van der Waals surface area contributed by atoms with Crippen LogP contribution in [-0.2, 0) is 31.2 Å². The molecule has 0 saturated carbocycles. The van der Waals surface area contributed by atoms with Crippen LogP contribution in [0.15, 0.2) is 58.3 Å². The topological polar surface area (TPSA) is 92.8 Å². The van der Waals surface area contributed by atoms with Gasteiger partial charge in [0.15, 0.2) is 0 Å². The van der Waals surface area contributed by atoms with Crippen molar-refractivity contribution in [3.8, 4) is 0 Å². The third kappa shape index (κ3) is 4.70. The maximum Gasteiger partial charge on any atom is 0.243 e. The van der Waals surface area contributed by atoms with E-state index in [-0.39, 0.29) is 28.5 Å². The summed E-state index contributed by atoms with van der Waals surface area (Å²) in [6.07, 6.45) is 3.16. The van der Waals surface area contributed by atoms with E-state index < -0.39 is 20.0 Å². The molecule has 2 aromatic rings. The van der Waals surface area contributed by atoms with Crippen molar-refractivity contribution in [3.05, 3.63) is 59.7 Å². The number of piperidine rings is 1. The summed E-state index contributed by atoms with van der Waals surface area (Å²) < 4.78 is 61.3. The fourth-order valence-corrected chi connectivity index (χ4v) is 7.00. The van der Waals surface area contributed by atoms with E-state index in [1.807, 2.05) is 31.2 Å². The Morgan fingerprint density at radius 2 is 1.71 bits per heavy atom. The van der Waals surface area contributed by atoms with Crippen molar-refractivity contribution in [3.63, 3.8) is 0 Å². The average Bonchev–Trinajstić information content (AvgIpc) is 2.78. The highest BCUT2D eigenvalue weighted by Gasteiger charge is 2.31. The highest BCUT2D eigenvalue weighted by molar-refractivity contribution is 7.89. The summed E-state index contributed by atoms with van der Waals surface area (Å²) in [6, 6.07) is 13.2. The number of nitrogens with zero attached hydrogens (tertiary/aromatic N) is 1. The quantitative estimate of drug-likeness (QED) is 0.710. The van der Waals surface area contributed by atoms with E-state index in [0.29, 0.717) is 13.2 Å². The van der Waals surface area contributed by atoms with Crippen molar-refractivity contribution in [1.82, 2.24) is 9.03 Å². The molecule has 0 amide bonds. The minimum atomic E-state index is -3.80. The van der Waals surface area contributed by atoms with Crippen LogP contribution < -0.4 is 4.72 Å². The first-order valence-electron chi connectivity index (χ1n) is 10.6. The summed E-state index contributed by atoms with van der Waals surface area (Å²) in [5.74, 6) is 0. The van der Waals surface area contributed by atoms with Crippen molar-refractivity contribution in [2.45, 2.75) is 54.5 Å². The van der Waals surface area contributed by atoms with Gasteiger partial charge in [-0.05, 0) is 61.6 Å². The first-order valence-corrected chi connectivity index (χ1v) is 13.5. The summed E-state index contributed by atoms with van der Waals surface area (Å²) in [5, 5.41) is 0. The van der Waals surface area contributed by atoms with Crippen LogP contribution in [-0.4, -0.2) is 46.9 Å². The van der Waals surface area contributed by atoms with Crippen molar-refractivity contribution in [2.75, 3.05) is 19.7 Å². The first-order chi connectivity index (χ1) is 14.8. The van der Waals surface area contributed by atoms with Crippen LogP contribution in [0.4, 0.5) is 0 Å². The molecular weight excluding hydrogens is 436 g/mol. The lowest BCUT2D eigenvalue weighted by Gasteiger charge is -2.32. The Morgan fingerprint density at radius 3 is 2.45 bits per heavy atom. The lowest BCUT2D eigenvalue weighted by atomic mass is 9.98. The van der Waals surface area contributed by atoms with Gasteiger partial charge in [-0.3, -0.25) is 0 Å². The van der Waals surface area contributed by atoms with Gasteiger partial charge in [-0.2, -0.15) is 4.31 Å². The molecule has 2 atom stereocenters. The second-order valence-electron chi connectivity index (χ2n) is 8.09. The van der Waals surface area contributed by atoms with Crippen molar-refractivity contribution < 1.29 is 21.6 Å². The van der Waals surface area contributed by atoms with Gasteiger partial charge in [-0.15, -0.1) is 0 Å². The SMILES string of the molecule is C[C@@H]1CCCCN1S(=O)(=O)c1ccc(S(=O)(=O)NC[C@@H]2OCCc3ccccc32)cc1. The monoisotopic (exact) mass is 464 g/mol. The summed E-state index contributed by atoms with van der Waals surface area (Å²) >= 11 is 0. The molecule has 1 fully saturated rings. The first kappa shape index (κ1) is 22.4. The Hall–Kier alpha value is -1.78. The van der Waals surface area contributed by atoms with Gasteiger partial charge in [-0.1, -0.05) is 30.7 Å². The highest BCUT2D eigenvalue weighted by atomic mass is 32.2. The summed E-state index contributed by atoms with van der Waals surface area (Å²) in [6.45, 7) is 3.06. The predicted molar refractivity (Wildman–Crippen MR) is 118 cm³/mol. The van der Waals surface area contributed by atoms with Crippen LogP contribution >= 0.6 is 0 Å². The highest BCUT2D eigenvalue weighted by Crippen LogP contribution is 2.28. The number of rotatable bonds is 6. The lowest BCUT2D eigenvalue weighted by Crippen LogP contribution is -2.41. The molecule has 2 heterocycles. The van der Waals surface area contributed by atoms with Crippen molar-refractivity contribution in [2.24, 2.45) is 0 Å². The van der Waals surface area contributed by atoms with Crippen LogP contribution in [0.2, 0.25) is 0 Å². The van der Waals surface area contributed by atoms with E-state index in [2.05, 4.69) is 4.72 Å². The number of sulfonamides is 2. The van der Waals surface area contributed by atoms with E-state index in [4.69, 9.17) is 4.74 Å². The molecule has 0 bridgehead atoms. The van der Waals surface area contributed by atoms with E-state index in [9.17, 15) is 16.8 Å². The van der Waals surface area contributed by atoms with Gasteiger partial charge in [0.2, 0.25) is 20.0 Å². The zero-order valence-electron chi connectivity index (χ0n) is 17.5. The molecule has 4 rings (SSSR count). The van der Waals surface area contributed by atoms with Gasteiger partial charge in [0.25, 0.3) is 0 Å². The molecule has 0 spiro atoms. The number of hydrogen-bond acceptors (Lipinski definition) is 5. The van der Waals surface area contributed by atoms with Gasteiger partial charge in [0.05, 0.1) is 22.5 Å². The van der Waals surface area contributed by atoms with E-state index in [1.54, 1.807) is 0 Å². The fraction of sp³-hybridized carbons (Fsp3) is 0.455. The van der Waals surface area contributed by atoms with Gasteiger partial charge in [0.1, 0.15) is 0 Å². The van der Waals surface area contributed by atoms with Crippen molar-refractivity contribution >= 4 is 20.0 Å². The molecule has 168 valence electrons. The number of nitrogens with one attached hydrogen (secondary N) is 1. The Bertz CT molecular complexity index is 1130. The zero-order chi connectivity index (χ0) is 22.1. The minimum absolute atomic E-state index is 0.0298. The van der Waals surface area contributed by atoms with Crippen LogP contribution in [0, 0.1) is 0 Å². The largest absolute Gasteiger partial charge is 0.372 e. The van der Waals surface area contributed by atoms with Gasteiger partial charge in [-0.25, -0.2) is 21.6 Å². The molecule has 0 aliphatic carbocycles. The smallest absolute Gasteiger partial charge is 0.243 e. The summed E-state index contributed by atoms with van der Waals surface area (Å²) in [5.41, 5.74) is 2.16. The van der Waals surface area contributed by atoms with E-state index in [1.165, 1.54) is 34.1 Å². The normalized spacial score (nSPS) is 22.7. The average molecular weight is 465 g/mol. The molecule has 1 N–H and O–H groups in total. The molecular formula is C22H28N2O5S2. The van der Waals surface area contributed by atoms with Crippen LogP contribution in [0.5, 0.6) is 0 Å². The maximum atomic E-state index is 13.0. The molecule has 2 aliphatic heterocycles. The number of ether oxygens (including phenoxy) is 1. The number of fused-ring (bicyclic) bond motifs is 1. The van der Waals surface area contributed by atoms with Gasteiger partial charge < -0.3 is 4.74 Å². The molecule has 0 unspecified atom stereocenters. The Balaban J connectivity index is 1.47. The lowest BCUT2D eigenvalue weighted by molar-refractivity contribution is 0.0460. The third-order valence-corrected chi connectivity index (χ3v) is 9.50. The molecule has 7 nitrogen and oxygen atoms in total. The van der Waals surface area contributed by atoms with Crippen LogP contribution in [0.3, 0.4) is 0 Å². The molecule has 1 saturated heterocycles. The Morgan fingerprint density at radius 1 is 1.00 bits per heavy atom. The maximum absolute atomic E-state index is 13.0. The zero-order valence-corrected chi connectivity index (χ0v) is 19.2. The fourth-order valence-electron chi connectivity index (χ4n) is 4.27. The predicted octanol–water partition coefficient (Wildman–Crippen LogP) is 2.84. The second kappa shape index (κ2) is 8.99. The van der Waals surface area contributed by atoms with Gasteiger partial charge in [0, 0.05) is 19.1 Å². The number of benzene rings is 2. The van der Waals surface area contributed by atoms with Crippen LogP contribution in [0.25, 0.3) is 0 Å². The minimum Gasteiger partial charge on any atom is -0.372 e. The number of hydrogen-bond donors (Lipinski definition) is 1. The van der Waals surface area contributed by atoms with E-state index in [0.717, 1.165) is 31.2 Å². The second-order valence-corrected chi connectivity index (χ2v) is 11.7.